The van der Waals surface area contributed by atoms with Gasteiger partial charge in [0.25, 0.3) is 0 Å². The standard InChI is InChI=1S/C15H32N2/c1-13(2)9-17(11-14(3,4)5)12-15(6)7-8-16-10-15/h13,16H,7-12H2,1-6H3. The minimum atomic E-state index is 0.400. The first kappa shape index (κ1) is 15.0. The van der Waals surface area contributed by atoms with Crippen LogP contribution in [0.2, 0.25) is 0 Å². The Labute approximate surface area is 108 Å². The Hall–Kier alpha value is -0.0800. The van der Waals surface area contributed by atoms with Gasteiger partial charge in [0.2, 0.25) is 0 Å². The molecule has 1 heterocycles. The Kier molecular flexibility index (Phi) is 5.03. The van der Waals surface area contributed by atoms with Crippen molar-refractivity contribution in [3.05, 3.63) is 0 Å². The minimum absolute atomic E-state index is 0.400. The molecule has 1 fully saturated rings. The van der Waals surface area contributed by atoms with Gasteiger partial charge in [0.05, 0.1) is 0 Å². The molecule has 1 aliphatic rings. The zero-order valence-corrected chi connectivity index (χ0v) is 12.8. The third-order valence-electron chi connectivity index (χ3n) is 3.38. The molecule has 0 amide bonds. The van der Waals surface area contributed by atoms with E-state index in [2.05, 4.69) is 51.8 Å². The summed E-state index contributed by atoms with van der Waals surface area (Å²) >= 11 is 0. The molecule has 2 heteroatoms. The van der Waals surface area contributed by atoms with Crippen LogP contribution in [-0.4, -0.2) is 37.6 Å². The van der Waals surface area contributed by atoms with Gasteiger partial charge in [-0.1, -0.05) is 41.5 Å². The molecule has 1 unspecified atom stereocenters. The van der Waals surface area contributed by atoms with Gasteiger partial charge in [0.1, 0.15) is 0 Å². The van der Waals surface area contributed by atoms with E-state index in [1.54, 1.807) is 0 Å². The normalized spacial score (nSPS) is 26.1. The van der Waals surface area contributed by atoms with E-state index >= 15 is 0 Å². The van der Waals surface area contributed by atoms with Crippen LogP contribution < -0.4 is 5.32 Å². The Balaban J connectivity index is 2.56. The summed E-state index contributed by atoms with van der Waals surface area (Å²) in [5.41, 5.74) is 0.886. The van der Waals surface area contributed by atoms with Crippen LogP contribution in [0.25, 0.3) is 0 Å². The van der Waals surface area contributed by atoms with Crippen molar-refractivity contribution in [1.29, 1.82) is 0 Å². The maximum atomic E-state index is 3.51. The second kappa shape index (κ2) is 5.71. The van der Waals surface area contributed by atoms with Gasteiger partial charge < -0.3 is 10.2 Å². The maximum absolute atomic E-state index is 3.51. The van der Waals surface area contributed by atoms with Gasteiger partial charge >= 0.3 is 0 Å². The molecule has 0 aromatic rings. The van der Waals surface area contributed by atoms with E-state index in [1.807, 2.05) is 0 Å². The highest BCUT2D eigenvalue weighted by Gasteiger charge is 2.31. The van der Waals surface area contributed by atoms with Crippen molar-refractivity contribution in [1.82, 2.24) is 10.2 Å². The monoisotopic (exact) mass is 240 g/mol. The molecular formula is C15H32N2. The molecule has 1 atom stereocenters. The molecule has 0 spiro atoms. The van der Waals surface area contributed by atoms with E-state index < -0.39 is 0 Å². The van der Waals surface area contributed by atoms with Gasteiger partial charge in [-0.15, -0.1) is 0 Å². The minimum Gasteiger partial charge on any atom is -0.316 e. The molecule has 1 N–H and O–H groups in total. The second-order valence-electron chi connectivity index (χ2n) is 7.86. The van der Waals surface area contributed by atoms with Crippen molar-refractivity contribution >= 4 is 0 Å². The molecule has 0 aromatic heterocycles. The summed E-state index contributed by atoms with van der Waals surface area (Å²) in [6, 6.07) is 0. The molecule has 102 valence electrons. The Morgan fingerprint density at radius 3 is 2.35 bits per heavy atom. The summed E-state index contributed by atoms with van der Waals surface area (Å²) in [7, 11) is 0. The highest BCUT2D eigenvalue weighted by molar-refractivity contribution is 4.87. The number of hydrogen-bond acceptors (Lipinski definition) is 2. The predicted octanol–water partition coefficient (Wildman–Crippen LogP) is 2.99. The molecule has 1 aliphatic heterocycles. The van der Waals surface area contributed by atoms with E-state index in [1.165, 1.54) is 39.1 Å². The highest BCUT2D eigenvalue weighted by Crippen LogP contribution is 2.27. The highest BCUT2D eigenvalue weighted by atomic mass is 15.1. The van der Waals surface area contributed by atoms with Crippen molar-refractivity contribution in [2.45, 2.75) is 48.0 Å². The zero-order chi connectivity index (χ0) is 13.1. The number of nitrogens with one attached hydrogen (secondary N) is 1. The lowest BCUT2D eigenvalue weighted by Crippen LogP contribution is -2.43. The van der Waals surface area contributed by atoms with E-state index in [0.29, 0.717) is 10.8 Å². The largest absolute Gasteiger partial charge is 0.316 e. The third kappa shape index (κ3) is 5.87. The number of nitrogens with zero attached hydrogens (tertiary/aromatic N) is 1. The van der Waals surface area contributed by atoms with Gasteiger partial charge in [-0.2, -0.15) is 0 Å². The Morgan fingerprint density at radius 1 is 1.29 bits per heavy atom. The molecule has 0 aliphatic carbocycles. The van der Waals surface area contributed by atoms with Crippen LogP contribution in [0.3, 0.4) is 0 Å². The molecule has 2 nitrogen and oxygen atoms in total. The van der Waals surface area contributed by atoms with Crippen LogP contribution in [0.5, 0.6) is 0 Å². The first-order valence-electron chi connectivity index (χ1n) is 7.13. The quantitative estimate of drug-likeness (QED) is 0.795. The average molecular weight is 240 g/mol. The molecule has 1 rings (SSSR count). The molecular weight excluding hydrogens is 208 g/mol. The fourth-order valence-electron chi connectivity index (χ4n) is 2.92. The summed E-state index contributed by atoms with van der Waals surface area (Å²) in [6.07, 6.45) is 1.33. The summed E-state index contributed by atoms with van der Waals surface area (Å²) in [5.74, 6) is 0.760. The van der Waals surface area contributed by atoms with Crippen LogP contribution >= 0.6 is 0 Å². The van der Waals surface area contributed by atoms with Crippen LogP contribution in [0, 0.1) is 16.7 Å². The summed E-state index contributed by atoms with van der Waals surface area (Å²) < 4.78 is 0. The number of hydrogen-bond donors (Lipinski definition) is 1. The first-order chi connectivity index (χ1) is 7.70. The van der Waals surface area contributed by atoms with Crippen molar-refractivity contribution in [2.24, 2.45) is 16.7 Å². The van der Waals surface area contributed by atoms with Crippen molar-refractivity contribution in [3.63, 3.8) is 0 Å². The smallest absolute Gasteiger partial charge is 0.00483 e. The predicted molar refractivity (Wildman–Crippen MR) is 76.3 cm³/mol. The fraction of sp³-hybridized carbons (Fsp3) is 1.00. The zero-order valence-electron chi connectivity index (χ0n) is 12.8. The first-order valence-corrected chi connectivity index (χ1v) is 7.13. The average Bonchev–Trinajstić information content (AvgIpc) is 2.46. The van der Waals surface area contributed by atoms with Gasteiger partial charge in [-0.3, -0.25) is 0 Å². The SMILES string of the molecule is CC(C)CN(CC(C)(C)C)CC1(C)CCNC1. The molecule has 0 aromatic carbocycles. The molecule has 0 saturated carbocycles. The maximum Gasteiger partial charge on any atom is 0.00483 e. The molecule has 0 bridgehead atoms. The van der Waals surface area contributed by atoms with Crippen LogP contribution in [-0.2, 0) is 0 Å². The molecule has 1 saturated heterocycles. The van der Waals surface area contributed by atoms with Crippen molar-refractivity contribution in [3.8, 4) is 0 Å². The van der Waals surface area contributed by atoms with Crippen molar-refractivity contribution in [2.75, 3.05) is 32.7 Å². The lowest BCUT2D eigenvalue weighted by Gasteiger charge is -2.36. The van der Waals surface area contributed by atoms with Crippen LogP contribution in [0.4, 0.5) is 0 Å². The lowest BCUT2D eigenvalue weighted by atomic mass is 9.87. The van der Waals surface area contributed by atoms with Gasteiger partial charge in [0, 0.05) is 26.2 Å². The summed E-state index contributed by atoms with van der Waals surface area (Å²) in [4.78, 5) is 2.68. The van der Waals surface area contributed by atoms with Gasteiger partial charge in [-0.05, 0) is 29.7 Å². The summed E-state index contributed by atoms with van der Waals surface area (Å²) in [5, 5.41) is 3.51. The second-order valence-corrected chi connectivity index (χ2v) is 7.86. The van der Waals surface area contributed by atoms with Crippen LogP contribution in [0.1, 0.15) is 48.0 Å². The van der Waals surface area contributed by atoms with Gasteiger partial charge in [-0.25, -0.2) is 0 Å². The lowest BCUT2D eigenvalue weighted by molar-refractivity contribution is 0.120. The molecule has 0 radical (unpaired) electrons. The number of rotatable bonds is 5. The molecule has 17 heavy (non-hydrogen) atoms. The third-order valence-corrected chi connectivity index (χ3v) is 3.38. The van der Waals surface area contributed by atoms with E-state index in [4.69, 9.17) is 0 Å². The summed E-state index contributed by atoms with van der Waals surface area (Å²) in [6.45, 7) is 20.2. The van der Waals surface area contributed by atoms with Crippen LogP contribution in [0.15, 0.2) is 0 Å². The Morgan fingerprint density at radius 2 is 1.94 bits per heavy atom. The van der Waals surface area contributed by atoms with E-state index in [0.717, 1.165) is 5.92 Å². The van der Waals surface area contributed by atoms with E-state index in [-0.39, 0.29) is 0 Å². The topological polar surface area (TPSA) is 15.3 Å². The Bertz CT molecular complexity index is 222. The van der Waals surface area contributed by atoms with Crippen molar-refractivity contribution < 1.29 is 0 Å². The van der Waals surface area contributed by atoms with E-state index in [9.17, 15) is 0 Å². The fourth-order valence-corrected chi connectivity index (χ4v) is 2.92. The van der Waals surface area contributed by atoms with Gasteiger partial charge in [0.15, 0.2) is 0 Å².